The highest BCUT2D eigenvalue weighted by Crippen LogP contribution is 2.38. The predicted molar refractivity (Wildman–Crippen MR) is 69.5 cm³/mol. The number of nitrogens with one attached hydrogen (secondary N) is 1. The lowest BCUT2D eigenvalue weighted by molar-refractivity contribution is -0.0424. The van der Waals surface area contributed by atoms with Crippen molar-refractivity contribution in [3.63, 3.8) is 0 Å². The maximum atomic E-state index is 13.1. The van der Waals surface area contributed by atoms with Crippen LogP contribution in [0.1, 0.15) is 36.0 Å². The van der Waals surface area contributed by atoms with Crippen molar-refractivity contribution in [2.45, 2.75) is 31.6 Å². The van der Waals surface area contributed by atoms with Crippen molar-refractivity contribution in [1.82, 2.24) is 4.98 Å². The van der Waals surface area contributed by atoms with Crippen LogP contribution in [0.15, 0.2) is 30.5 Å². The fraction of sp³-hybridized carbons (Fsp3) is 0.400. The number of Topliss-reactive ketones (excluding diaryl/α,β-unsaturated/α-hetero) is 1. The Bertz CT molecular complexity index is 607. The van der Waals surface area contributed by atoms with Crippen LogP contribution in [0.3, 0.4) is 0 Å². The van der Waals surface area contributed by atoms with Gasteiger partial charge in [0.1, 0.15) is 0 Å². The number of ketones is 1. The Balaban J connectivity index is 1.85. The third-order valence-electron chi connectivity index (χ3n) is 3.94. The molecule has 1 aromatic carbocycles. The minimum absolute atomic E-state index is 0.00653. The molecule has 1 N–H and O–H groups in total. The van der Waals surface area contributed by atoms with Gasteiger partial charge >= 0.3 is 0 Å². The second-order valence-corrected chi connectivity index (χ2v) is 5.24. The number of alkyl halides is 2. The molecular weight excluding hydrogens is 248 g/mol. The van der Waals surface area contributed by atoms with E-state index >= 15 is 0 Å². The molecule has 0 unspecified atom stereocenters. The van der Waals surface area contributed by atoms with E-state index in [1.165, 1.54) is 0 Å². The Morgan fingerprint density at radius 3 is 2.63 bits per heavy atom. The van der Waals surface area contributed by atoms with Gasteiger partial charge in [0.05, 0.1) is 0 Å². The second-order valence-electron chi connectivity index (χ2n) is 5.24. The van der Waals surface area contributed by atoms with E-state index in [4.69, 9.17) is 0 Å². The minimum atomic E-state index is -2.59. The second kappa shape index (κ2) is 4.44. The molecule has 1 saturated carbocycles. The molecule has 0 spiro atoms. The average molecular weight is 263 g/mol. The number of benzene rings is 1. The first-order chi connectivity index (χ1) is 9.07. The van der Waals surface area contributed by atoms with Crippen molar-refractivity contribution >= 4 is 16.7 Å². The summed E-state index contributed by atoms with van der Waals surface area (Å²) in [6, 6.07) is 7.56. The molecule has 0 aliphatic heterocycles. The highest BCUT2D eigenvalue weighted by Gasteiger charge is 2.37. The molecule has 0 bridgehead atoms. The SMILES string of the molecule is O=C(c1c[nH]c2ccccc12)C1CCC(F)(F)CC1. The van der Waals surface area contributed by atoms with Crippen LogP contribution >= 0.6 is 0 Å². The third kappa shape index (κ3) is 2.27. The van der Waals surface area contributed by atoms with Crippen molar-refractivity contribution in [2.24, 2.45) is 5.92 Å². The number of hydrogen-bond donors (Lipinski definition) is 1. The number of hydrogen-bond acceptors (Lipinski definition) is 1. The smallest absolute Gasteiger partial charge is 0.248 e. The minimum Gasteiger partial charge on any atom is -0.360 e. The zero-order valence-electron chi connectivity index (χ0n) is 10.5. The Morgan fingerprint density at radius 1 is 1.21 bits per heavy atom. The van der Waals surface area contributed by atoms with E-state index in [1.807, 2.05) is 24.3 Å². The molecular formula is C15H15F2NO. The first-order valence-corrected chi connectivity index (χ1v) is 6.55. The summed E-state index contributed by atoms with van der Waals surface area (Å²) in [5.41, 5.74) is 1.54. The summed E-state index contributed by atoms with van der Waals surface area (Å²) < 4.78 is 26.2. The van der Waals surface area contributed by atoms with Gasteiger partial charge in [-0.2, -0.15) is 0 Å². The van der Waals surface area contributed by atoms with Crippen molar-refractivity contribution < 1.29 is 13.6 Å². The Hall–Kier alpha value is -1.71. The average Bonchev–Trinajstić information content (AvgIpc) is 2.82. The molecule has 3 rings (SSSR count). The van der Waals surface area contributed by atoms with E-state index in [1.54, 1.807) is 6.20 Å². The van der Waals surface area contributed by atoms with Crippen LogP contribution in [-0.2, 0) is 0 Å². The van der Waals surface area contributed by atoms with E-state index in [0.717, 1.165) is 10.9 Å². The Morgan fingerprint density at radius 2 is 1.89 bits per heavy atom. The van der Waals surface area contributed by atoms with Crippen molar-refractivity contribution in [3.05, 3.63) is 36.0 Å². The van der Waals surface area contributed by atoms with Crippen LogP contribution in [0.4, 0.5) is 8.78 Å². The highest BCUT2D eigenvalue weighted by molar-refractivity contribution is 6.08. The Labute approximate surface area is 109 Å². The largest absolute Gasteiger partial charge is 0.360 e. The van der Waals surface area contributed by atoms with Crippen LogP contribution in [0.2, 0.25) is 0 Å². The summed E-state index contributed by atoms with van der Waals surface area (Å²) in [6.07, 6.45) is 1.91. The molecule has 2 nitrogen and oxygen atoms in total. The first kappa shape index (κ1) is 12.3. The normalized spacial score (nSPS) is 19.7. The molecule has 1 aromatic heterocycles. The van der Waals surface area contributed by atoms with E-state index < -0.39 is 5.92 Å². The number of carbonyl (C=O) groups is 1. The van der Waals surface area contributed by atoms with Gasteiger partial charge in [0, 0.05) is 41.4 Å². The summed E-state index contributed by atoms with van der Waals surface area (Å²) in [6.45, 7) is 0. The number of H-pyrrole nitrogens is 1. The monoisotopic (exact) mass is 263 g/mol. The molecule has 0 saturated heterocycles. The molecule has 1 heterocycles. The van der Waals surface area contributed by atoms with E-state index in [9.17, 15) is 13.6 Å². The maximum absolute atomic E-state index is 13.1. The van der Waals surface area contributed by atoms with Gasteiger partial charge in [-0.25, -0.2) is 8.78 Å². The van der Waals surface area contributed by atoms with Crippen LogP contribution in [0.5, 0.6) is 0 Å². The predicted octanol–water partition coefficient (Wildman–Crippen LogP) is 4.18. The molecule has 100 valence electrons. The number of aromatic amines is 1. The molecule has 0 amide bonds. The summed E-state index contributed by atoms with van der Waals surface area (Å²) >= 11 is 0. The van der Waals surface area contributed by atoms with Crippen molar-refractivity contribution in [1.29, 1.82) is 0 Å². The van der Waals surface area contributed by atoms with Gasteiger partial charge in [0.2, 0.25) is 5.92 Å². The molecule has 0 radical (unpaired) electrons. The van der Waals surface area contributed by atoms with Crippen molar-refractivity contribution in [2.75, 3.05) is 0 Å². The summed E-state index contributed by atoms with van der Waals surface area (Å²) in [4.78, 5) is 15.5. The number of carbonyl (C=O) groups excluding carboxylic acids is 1. The molecule has 0 atom stereocenters. The number of halogens is 2. The lowest BCUT2D eigenvalue weighted by Crippen LogP contribution is -2.28. The lowest BCUT2D eigenvalue weighted by Gasteiger charge is -2.27. The van der Waals surface area contributed by atoms with E-state index in [-0.39, 0.29) is 37.4 Å². The zero-order chi connectivity index (χ0) is 13.5. The van der Waals surface area contributed by atoms with Gasteiger partial charge in [-0.1, -0.05) is 18.2 Å². The molecule has 19 heavy (non-hydrogen) atoms. The van der Waals surface area contributed by atoms with Crippen LogP contribution in [0.25, 0.3) is 10.9 Å². The number of fused-ring (bicyclic) bond motifs is 1. The number of aromatic nitrogens is 1. The first-order valence-electron chi connectivity index (χ1n) is 6.55. The van der Waals surface area contributed by atoms with Gasteiger partial charge in [-0.3, -0.25) is 4.79 Å². The summed E-state index contributed by atoms with van der Waals surface area (Å²) in [5.74, 6) is -2.86. The molecule has 2 aromatic rings. The topological polar surface area (TPSA) is 32.9 Å². The standard InChI is InChI=1S/C15H15F2NO/c16-15(17)7-5-10(6-8-15)14(19)12-9-18-13-4-2-1-3-11(12)13/h1-4,9-10,18H,5-8H2. The van der Waals surface area contributed by atoms with Crippen molar-refractivity contribution in [3.8, 4) is 0 Å². The fourth-order valence-electron chi connectivity index (χ4n) is 2.80. The Kier molecular flexibility index (Phi) is 2.88. The maximum Gasteiger partial charge on any atom is 0.248 e. The van der Waals surface area contributed by atoms with Gasteiger partial charge in [-0.05, 0) is 18.9 Å². The van der Waals surface area contributed by atoms with E-state index in [2.05, 4.69) is 4.98 Å². The van der Waals surface area contributed by atoms with E-state index in [0.29, 0.717) is 5.56 Å². The summed E-state index contributed by atoms with van der Waals surface area (Å²) in [5, 5.41) is 0.879. The molecule has 1 aliphatic rings. The third-order valence-corrected chi connectivity index (χ3v) is 3.94. The molecule has 4 heteroatoms. The van der Waals surface area contributed by atoms with Gasteiger partial charge in [0.15, 0.2) is 5.78 Å². The number of rotatable bonds is 2. The van der Waals surface area contributed by atoms with Gasteiger partial charge in [-0.15, -0.1) is 0 Å². The van der Waals surface area contributed by atoms with Gasteiger partial charge in [0.25, 0.3) is 0 Å². The fourth-order valence-corrected chi connectivity index (χ4v) is 2.80. The van der Waals surface area contributed by atoms with Crippen LogP contribution in [-0.4, -0.2) is 16.7 Å². The van der Waals surface area contributed by atoms with Crippen LogP contribution < -0.4 is 0 Å². The molecule has 1 aliphatic carbocycles. The highest BCUT2D eigenvalue weighted by atomic mass is 19.3. The van der Waals surface area contributed by atoms with Crippen LogP contribution in [0, 0.1) is 5.92 Å². The number of para-hydroxylation sites is 1. The molecule has 1 fully saturated rings. The van der Waals surface area contributed by atoms with Gasteiger partial charge < -0.3 is 4.98 Å². The summed E-state index contributed by atoms with van der Waals surface area (Å²) in [7, 11) is 0. The lowest BCUT2D eigenvalue weighted by atomic mass is 9.82. The quantitative estimate of drug-likeness (QED) is 0.810. The zero-order valence-corrected chi connectivity index (χ0v) is 10.5.